The van der Waals surface area contributed by atoms with Crippen molar-refractivity contribution in [1.82, 2.24) is 5.32 Å². The molecule has 3 N–H and O–H groups in total. The van der Waals surface area contributed by atoms with Gasteiger partial charge in [0.2, 0.25) is 5.91 Å². The summed E-state index contributed by atoms with van der Waals surface area (Å²) < 4.78 is 0. The van der Waals surface area contributed by atoms with Crippen molar-refractivity contribution in [3.05, 3.63) is 35.4 Å². The molecule has 1 aromatic carbocycles. The van der Waals surface area contributed by atoms with Gasteiger partial charge in [0.25, 0.3) is 0 Å². The fourth-order valence-corrected chi connectivity index (χ4v) is 1.51. The first-order valence-electron chi connectivity index (χ1n) is 5.72. The Morgan fingerprint density at radius 3 is 2.88 bits per heavy atom. The summed E-state index contributed by atoms with van der Waals surface area (Å²) in [4.78, 5) is 11.4. The van der Waals surface area contributed by atoms with Crippen LogP contribution in [0.2, 0.25) is 0 Å². The minimum Gasteiger partial charge on any atom is -0.354 e. The van der Waals surface area contributed by atoms with Crippen LogP contribution in [0.4, 0.5) is 0 Å². The number of carbonyl (C=O) groups excluding carboxylic acids is 1. The highest BCUT2D eigenvalue weighted by Gasteiger charge is 2.09. The van der Waals surface area contributed by atoms with E-state index in [1.807, 2.05) is 13.0 Å². The maximum Gasteiger partial charge on any atom is 0.236 e. The summed E-state index contributed by atoms with van der Waals surface area (Å²) in [6.45, 7) is 4.62. The SMILES string of the molecule is CC[C@H](N)C(=O)NCCc1cccc(C)c1. The lowest BCUT2D eigenvalue weighted by molar-refractivity contribution is -0.122. The molecule has 0 radical (unpaired) electrons. The van der Waals surface area contributed by atoms with Crippen molar-refractivity contribution in [2.45, 2.75) is 32.7 Å². The zero-order valence-electron chi connectivity index (χ0n) is 9.99. The summed E-state index contributed by atoms with van der Waals surface area (Å²) in [5, 5.41) is 2.84. The van der Waals surface area contributed by atoms with Gasteiger partial charge < -0.3 is 11.1 Å². The van der Waals surface area contributed by atoms with Crippen LogP contribution >= 0.6 is 0 Å². The lowest BCUT2D eigenvalue weighted by Crippen LogP contribution is -2.40. The second-order valence-electron chi connectivity index (χ2n) is 4.04. The summed E-state index contributed by atoms with van der Waals surface area (Å²) in [5.74, 6) is -0.0600. The number of rotatable bonds is 5. The molecule has 0 aliphatic heterocycles. The van der Waals surface area contributed by atoms with Crippen LogP contribution in [0.15, 0.2) is 24.3 Å². The quantitative estimate of drug-likeness (QED) is 0.788. The number of hydrogen-bond acceptors (Lipinski definition) is 2. The number of nitrogens with one attached hydrogen (secondary N) is 1. The van der Waals surface area contributed by atoms with E-state index in [9.17, 15) is 4.79 Å². The number of benzene rings is 1. The van der Waals surface area contributed by atoms with E-state index >= 15 is 0 Å². The molecular formula is C13H20N2O. The van der Waals surface area contributed by atoms with E-state index in [-0.39, 0.29) is 11.9 Å². The average Bonchev–Trinajstić information content (AvgIpc) is 2.28. The molecular weight excluding hydrogens is 200 g/mol. The second kappa shape index (κ2) is 6.28. The van der Waals surface area contributed by atoms with Crippen LogP contribution in [-0.4, -0.2) is 18.5 Å². The van der Waals surface area contributed by atoms with Gasteiger partial charge in [0.15, 0.2) is 0 Å². The molecule has 3 nitrogen and oxygen atoms in total. The Balaban J connectivity index is 2.33. The van der Waals surface area contributed by atoms with Gasteiger partial charge in [-0.1, -0.05) is 36.8 Å². The van der Waals surface area contributed by atoms with Gasteiger partial charge in [-0.2, -0.15) is 0 Å². The topological polar surface area (TPSA) is 55.1 Å². The van der Waals surface area contributed by atoms with E-state index in [0.29, 0.717) is 13.0 Å². The van der Waals surface area contributed by atoms with Crippen LogP contribution in [0.25, 0.3) is 0 Å². The highest BCUT2D eigenvalue weighted by Crippen LogP contribution is 2.03. The number of hydrogen-bond donors (Lipinski definition) is 2. The molecule has 0 spiro atoms. The minimum absolute atomic E-state index is 0.0600. The summed E-state index contributed by atoms with van der Waals surface area (Å²) in [6, 6.07) is 7.92. The van der Waals surface area contributed by atoms with Gasteiger partial charge in [0, 0.05) is 6.54 Å². The number of carbonyl (C=O) groups is 1. The van der Waals surface area contributed by atoms with E-state index in [2.05, 4.69) is 30.4 Å². The Kier molecular flexibility index (Phi) is 4.99. The third kappa shape index (κ3) is 4.03. The fraction of sp³-hybridized carbons (Fsp3) is 0.462. The first-order valence-corrected chi connectivity index (χ1v) is 5.72. The molecule has 1 amide bonds. The molecule has 0 saturated carbocycles. The number of aryl methyl sites for hydroxylation is 1. The lowest BCUT2D eigenvalue weighted by atomic mass is 10.1. The summed E-state index contributed by atoms with van der Waals surface area (Å²) in [7, 11) is 0. The second-order valence-corrected chi connectivity index (χ2v) is 4.04. The van der Waals surface area contributed by atoms with Gasteiger partial charge in [0.05, 0.1) is 6.04 Å². The Hall–Kier alpha value is -1.35. The largest absolute Gasteiger partial charge is 0.354 e. The van der Waals surface area contributed by atoms with Gasteiger partial charge in [-0.25, -0.2) is 0 Å². The van der Waals surface area contributed by atoms with Crippen LogP contribution in [0, 0.1) is 6.92 Å². The molecule has 0 saturated heterocycles. The molecule has 1 aromatic rings. The van der Waals surface area contributed by atoms with Crippen molar-refractivity contribution >= 4 is 5.91 Å². The highest BCUT2D eigenvalue weighted by molar-refractivity contribution is 5.81. The normalized spacial score (nSPS) is 12.2. The van der Waals surface area contributed by atoms with Crippen molar-refractivity contribution in [3.63, 3.8) is 0 Å². The Bertz CT molecular complexity index is 350. The molecule has 88 valence electrons. The van der Waals surface area contributed by atoms with Crippen LogP contribution in [-0.2, 0) is 11.2 Å². The monoisotopic (exact) mass is 220 g/mol. The molecule has 0 aromatic heterocycles. The molecule has 0 unspecified atom stereocenters. The Morgan fingerprint density at radius 2 is 2.25 bits per heavy atom. The van der Waals surface area contributed by atoms with Gasteiger partial charge in [-0.3, -0.25) is 4.79 Å². The third-order valence-electron chi connectivity index (χ3n) is 2.57. The predicted molar refractivity (Wildman–Crippen MR) is 66.2 cm³/mol. The van der Waals surface area contributed by atoms with Crippen molar-refractivity contribution < 1.29 is 4.79 Å². The minimum atomic E-state index is -0.377. The molecule has 0 fully saturated rings. The number of nitrogens with two attached hydrogens (primary N) is 1. The van der Waals surface area contributed by atoms with Crippen molar-refractivity contribution in [3.8, 4) is 0 Å². The summed E-state index contributed by atoms with van der Waals surface area (Å²) >= 11 is 0. The fourth-order valence-electron chi connectivity index (χ4n) is 1.51. The van der Waals surface area contributed by atoms with Crippen molar-refractivity contribution in [1.29, 1.82) is 0 Å². The van der Waals surface area contributed by atoms with Gasteiger partial charge in [-0.05, 0) is 25.3 Å². The van der Waals surface area contributed by atoms with Crippen molar-refractivity contribution in [2.24, 2.45) is 5.73 Å². The van der Waals surface area contributed by atoms with E-state index in [0.717, 1.165) is 6.42 Å². The standard InChI is InChI=1S/C13H20N2O/c1-3-12(14)13(16)15-8-7-11-6-4-5-10(2)9-11/h4-6,9,12H,3,7-8,14H2,1-2H3,(H,15,16)/t12-/m0/s1. The van der Waals surface area contributed by atoms with E-state index in [1.54, 1.807) is 0 Å². The molecule has 0 aliphatic carbocycles. The molecule has 1 rings (SSSR count). The van der Waals surface area contributed by atoms with Crippen LogP contribution in [0.1, 0.15) is 24.5 Å². The first kappa shape index (κ1) is 12.7. The van der Waals surface area contributed by atoms with Crippen molar-refractivity contribution in [2.75, 3.05) is 6.54 Å². The van der Waals surface area contributed by atoms with Gasteiger partial charge in [0.1, 0.15) is 0 Å². The summed E-state index contributed by atoms with van der Waals surface area (Å²) in [5.41, 5.74) is 8.09. The van der Waals surface area contributed by atoms with Crippen LogP contribution in [0.5, 0.6) is 0 Å². The highest BCUT2D eigenvalue weighted by atomic mass is 16.2. The zero-order valence-corrected chi connectivity index (χ0v) is 9.99. The number of amides is 1. The van der Waals surface area contributed by atoms with E-state index in [4.69, 9.17) is 5.73 Å². The molecule has 0 heterocycles. The smallest absolute Gasteiger partial charge is 0.236 e. The van der Waals surface area contributed by atoms with E-state index in [1.165, 1.54) is 11.1 Å². The maximum absolute atomic E-state index is 11.4. The molecule has 1 atom stereocenters. The molecule has 3 heteroatoms. The van der Waals surface area contributed by atoms with Gasteiger partial charge in [-0.15, -0.1) is 0 Å². The van der Waals surface area contributed by atoms with E-state index < -0.39 is 0 Å². The molecule has 16 heavy (non-hydrogen) atoms. The zero-order chi connectivity index (χ0) is 12.0. The molecule has 0 aliphatic rings. The lowest BCUT2D eigenvalue weighted by Gasteiger charge is -2.10. The molecule has 0 bridgehead atoms. The predicted octanol–water partition coefficient (Wildman–Crippen LogP) is 1.39. The Morgan fingerprint density at radius 1 is 1.50 bits per heavy atom. The average molecular weight is 220 g/mol. The third-order valence-corrected chi connectivity index (χ3v) is 2.57. The maximum atomic E-state index is 11.4. The van der Waals surface area contributed by atoms with Crippen LogP contribution in [0.3, 0.4) is 0 Å². The first-order chi connectivity index (χ1) is 7.63. The Labute approximate surface area is 97.0 Å². The van der Waals surface area contributed by atoms with Crippen LogP contribution < -0.4 is 11.1 Å². The summed E-state index contributed by atoms with van der Waals surface area (Å²) in [6.07, 6.45) is 1.53. The van der Waals surface area contributed by atoms with Gasteiger partial charge >= 0.3 is 0 Å².